The van der Waals surface area contributed by atoms with Crippen LogP contribution in [-0.4, -0.2) is 37.2 Å². The van der Waals surface area contributed by atoms with E-state index in [1.165, 1.54) is 11.1 Å². The molecule has 0 radical (unpaired) electrons. The van der Waals surface area contributed by atoms with Crippen molar-refractivity contribution in [2.24, 2.45) is 4.99 Å². The molecule has 1 aromatic heterocycles. The lowest BCUT2D eigenvalue weighted by Crippen LogP contribution is -2.36. The monoisotopic (exact) mass is 343 g/mol. The van der Waals surface area contributed by atoms with E-state index in [1.807, 2.05) is 6.07 Å². The molecule has 2 N–H and O–H groups in total. The van der Waals surface area contributed by atoms with Crippen LogP contribution in [-0.2, 0) is 19.6 Å². The van der Waals surface area contributed by atoms with Crippen molar-refractivity contribution >= 4 is 5.96 Å². The van der Waals surface area contributed by atoms with Crippen LogP contribution in [0.2, 0.25) is 0 Å². The van der Waals surface area contributed by atoms with E-state index >= 15 is 0 Å². The van der Waals surface area contributed by atoms with Gasteiger partial charge in [0.15, 0.2) is 11.7 Å². The predicted molar refractivity (Wildman–Crippen MR) is 101 cm³/mol. The number of nitrogens with zero attached hydrogens (tertiary/aromatic N) is 3. The van der Waals surface area contributed by atoms with Gasteiger partial charge in [-0.15, -0.1) is 0 Å². The van der Waals surface area contributed by atoms with Crippen molar-refractivity contribution in [3.05, 3.63) is 52.9 Å². The number of benzene rings is 1. The molecular weight excluding hydrogens is 314 g/mol. The molecule has 25 heavy (non-hydrogen) atoms. The van der Waals surface area contributed by atoms with Gasteiger partial charge in [0, 0.05) is 26.2 Å². The summed E-state index contributed by atoms with van der Waals surface area (Å²) in [6.07, 6.45) is 0. The third-order valence-electron chi connectivity index (χ3n) is 3.87. The van der Waals surface area contributed by atoms with Crippen molar-refractivity contribution in [3.63, 3.8) is 0 Å². The van der Waals surface area contributed by atoms with Gasteiger partial charge in [-0.05, 0) is 31.1 Å². The van der Waals surface area contributed by atoms with Crippen LogP contribution < -0.4 is 10.6 Å². The van der Waals surface area contributed by atoms with Crippen molar-refractivity contribution in [2.45, 2.75) is 39.4 Å². The SMILES string of the molecule is CN=C(NCc1cc(C(C)C)no1)NCc1ccccc1CN(C)C. The maximum atomic E-state index is 5.35. The van der Waals surface area contributed by atoms with Gasteiger partial charge >= 0.3 is 0 Å². The van der Waals surface area contributed by atoms with E-state index in [0.717, 1.165) is 30.5 Å². The number of aliphatic imine (C=N–C) groups is 1. The largest absolute Gasteiger partial charge is 0.359 e. The summed E-state index contributed by atoms with van der Waals surface area (Å²) in [5, 5.41) is 10.7. The van der Waals surface area contributed by atoms with Crippen molar-refractivity contribution in [1.82, 2.24) is 20.7 Å². The summed E-state index contributed by atoms with van der Waals surface area (Å²) in [6, 6.07) is 10.4. The highest BCUT2D eigenvalue weighted by Gasteiger charge is 2.09. The predicted octanol–water partition coefficient (Wildman–Crippen LogP) is 2.72. The Labute approximate surface area is 150 Å². The van der Waals surface area contributed by atoms with Gasteiger partial charge in [0.1, 0.15) is 0 Å². The second-order valence-corrected chi connectivity index (χ2v) is 6.66. The fourth-order valence-corrected chi connectivity index (χ4v) is 2.48. The number of hydrogen-bond acceptors (Lipinski definition) is 4. The van der Waals surface area contributed by atoms with E-state index < -0.39 is 0 Å². The van der Waals surface area contributed by atoms with Crippen molar-refractivity contribution in [2.75, 3.05) is 21.1 Å². The van der Waals surface area contributed by atoms with Crippen LogP contribution in [0.15, 0.2) is 39.8 Å². The molecule has 0 unspecified atom stereocenters. The fraction of sp³-hybridized carbons (Fsp3) is 0.474. The molecule has 6 nitrogen and oxygen atoms in total. The average molecular weight is 343 g/mol. The minimum atomic E-state index is 0.364. The first kappa shape index (κ1) is 19.0. The number of aromatic nitrogens is 1. The standard InChI is InChI=1S/C19H29N5O/c1-14(2)18-10-17(25-23-18)12-22-19(20-3)21-11-15-8-6-7-9-16(15)13-24(4)5/h6-10,14H,11-13H2,1-5H3,(H2,20,21,22). The Balaban J connectivity index is 1.90. The van der Waals surface area contributed by atoms with E-state index in [2.05, 4.69) is 77.9 Å². The topological polar surface area (TPSA) is 65.7 Å². The minimum absolute atomic E-state index is 0.364. The molecule has 0 fully saturated rings. The summed E-state index contributed by atoms with van der Waals surface area (Å²) in [6.45, 7) is 6.39. The molecule has 6 heteroatoms. The summed E-state index contributed by atoms with van der Waals surface area (Å²) in [7, 11) is 5.92. The van der Waals surface area contributed by atoms with E-state index in [-0.39, 0.29) is 0 Å². The Morgan fingerprint density at radius 3 is 2.44 bits per heavy atom. The van der Waals surface area contributed by atoms with Gasteiger partial charge in [-0.3, -0.25) is 4.99 Å². The zero-order valence-electron chi connectivity index (χ0n) is 15.8. The van der Waals surface area contributed by atoms with E-state index in [9.17, 15) is 0 Å². The Hall–Kier alpha value is -2.34. The smallest absolute Gasteiger partial charge is 0.191 e. The van der Waals surface area contributed by atoms with Gasteiger partial charge in [0.2, 0.25) is 0 Å². The van der Waals surface area contributed by atoms with Crippen molar-refractivity contribution in [1.29, 1.82) is 0 Å². The zero-order chi connectivity index (χ0) is 18.2. The van der Waals surface area contributed by atoms with Crippen LogP contribution in [0.25, 0.3) is 0 Å². The second-order valence-electron chi connectivity index (χ2n) is 6.66. The first-order valence-corrected chi connectivity index (χ1v) is 8.61. The van der Waals surface area contributed by atoms with Gasteiger partial charge < -0.3 is 20.1 Å². The van der Waals surface area contributed by atoms with Gasteiger partial charge in [-0.2, -0.15) is 0 Å². The lowest BCUT2D eigenvalue weighted by atomic mass is 10.1. The first-order valence-electron chi connectivity index (χ1n) is 8.61. The van der Waals surface area contributed by atoms with E-state index in [0.29, 0.717) is 12.5 Å². The lowest BCUT2D eigenvalue weighted by molar-refractivity contribution is 0.372. The Morgan fingerprint density at radius 2 is 1.84 bits per heavy atom. The molecule has 136 valence electrons. The Bertz CT molecular complexity index is 691. The molecule has 0 saturated heterocycles. The van der Waals surface area contributed by atoms with Gasteiger partial charge in [-0.25, -0.2) is 0 Å². The molecule has 0 spiro atoms. The normalized spacial score (nSPS) is 12.0. The zero-order valence-corrected chi connectivity index (χ0v) is 15.8. The van der Waals surface area contributed by atoms with Crippen LogP contribution >= 0.6 is 0 Å². The molecule has 0 aliphatic carbocycles. The second kappa shape index (κ2) is 9.22. The molecule has 1 heterocycles. The summed E-state index contributed by atoms with van der Waals surface area (Å²) in [4.78, 5) is 6.44. The summed E-state index contributed by atoms with van der Waals surface area (Å²) >= 11 is 0. The maximum absolute atomic E-state index is 5.35. The van der Waals surface area contributed by atoms with E-state index in [1.54, 1.807) is 7.05 Å². The highest BCUT2D eigenvalue weighted by molar-refractivity contribution is 5.79. The van der Waals surface area contributed by atoms with E-state index in [4.69, 9.17) is 4.52 Å². The number of guanidine groups is 1. The molecule has 0 bridgehead atoms. The van der Waals surface area contributed by atoms with Crippen LogP contribution in [0.1, 0.15) is 42.3 Å². The molecule has 0 amide bonds. The highest BCUT2D eigenvalue weighted by Crippen LogP contribution is 2.14. The third-order valence-corrected chi connectivity index (χ3v) is 3.87. The van der Waals surface area contributed by atoms with Crippen LogP contribution in [0.4, 0.5) is 0 Å². The Kier molecular flexibility index (Phi) is 7.01. The number of nitrogens with one attached hydrogen (secondary N) is 2. The molecule has 0 atom stereocenters. The maximum Gasteiger partial charge on any atom is 0.191 e. The third kappa shape index (κ3) is 5.90. The lowest BCUT2D eigenvalue weighted by Gasteiger charge is -2.16. The minimum Gasteiger partial charge on any atom is -0.359 e. The number of hydrogen-bond donors (Lipinski definition) is 2. The molecule has 0 aliphatic heterocycles. The van der Waals surface area contributed by atoms with Crippen LogP contribution in [0.5, 0.6) is 0 Å². The number of rotatable bonds is 7. The average Bonchev–Trinajstić information content (AvgIpc) is 3.05. The summed E-state index contributed by atoms with van der Waals surface area (Å²) in [5.41, 5.74) is 3.55. The molecule has 0 saturated carbocycles. The van der Waals surface area contributed by atoms with Crippen LogP contribution in [0.3, 0.4) is 0 Å². The van der Waals surface area contributed by atoms with Crippen molar-refractivity contribution in [3.8, 4) is 0 Å². The highest BCUT2D eigenvalue weighted by atomic mass is 16.5. The van der Waals surface area contributed by atoms with Gasteiger partial charge in [-0.1, -0.05) is 43.3 Å². The molecule has 1 aromatic carbocycles. The fourth-order valence-electron chi connectivity index (χ4n) is 2.48. The van der Waals surface area contributed by atoms with Crippen molar-refractivity contribution < 1.29 is 4.52 Å². The molecule has 2 aromatic rings. The molecular formula is C19H29N5O. The molecule has 2 rings (SSSR count). The van der Waals surface area contributed by atoms with Crippen LogP contribution in [0, 0.1) is 0 Å². The van der Waals surface area contributed by atoms with Gasteiger partial charge in [0.05, 0.1) is 12.2 Å². The first-order chi connectivity index (χ1) is 12.0. The van der Waals surface area contributed by atoms with Gasteiger partial charge in [0.25, 0.3) is 0 Å². The molecule has 0 aliphatic rings. The summed E-state index contributed by atoms with van der Waals surface area (Å²) in [5.74, 6) is 1.91. The summed E-state index contributed by atoms with van der Waals surface area (Å²) < 4.78 is 5.35. The Morgan fingerprint density at radius 1 is 1.16 bits per heavy atom. The quantitative estimate of drug-likeness (QED) is 0.598.